The molecule has 0 unspecified atom stereocenters. The summed E-state index contributed by atoms with van der Waals surface area (Å²) in [5.41, 5.74) is -0.352. The minimum absolute atomic E-state index is 0.169. The Hall–Kier alpha value is -0.570. The number of aliphatic hydroxyl groups excluding tert-OH is 1. The number of hydrogen-bond acceptors (Lipinski definition) is 3. The first-order valence-electron chi connectivity index (χ1n) is 4.45. The van der Waals surface area contributed by atoms with Crippen molar-refractivity contribution in [3.05, 3.63) is 0 Å². The lowest BCUT2D eigenvalue weighted by atomic mass is 9.98. The molecule has 0 amide bonds. The van der Waals surface area contributed by atoms with Gasteiger partial charge >= 0.3 is 5.97 Å². The molecule has 0 aliphatic heterocycles. The molecule has 3 heteroatoms. The third kappa shape index (κ3) is 11.4. The molecule has 0 radical (unpaired) electrons. The zero-order valence-corrected chi connectivity index (χ0v) is 9.55. The molecule has 0 aromatic rings. The zero-order chi connectivity index (χ0) is 11.1. The minimum Gasteiger partial charge on any atom is -0.469 e. The summed E-state index contributed by atoms with van der Waals surface area (Å²) in [6.07, 6.45) is 0. The van der Waals surface area contributed by atoms with E-state index < -0.39 is 0 Å². The predicted molar refractivity (Wildman–Crippen MR) is 53.4 cm³/mol. The van der Waals surface area contributed by atoms with Crippen LogP contribution in [0.3, 0.4) is 0 Å². The van der Waals surface area contributed by atoms with E-state index in [0.717, 1.165) is 0 Å². The Morgan fingerprint density at radius 1 is 1.38 bits per heavy atom. The molecule has 0 atom stereocenters. The summed E-state index contributed by atoms with van der Waals surface area (Å²) in [7, 11) is 1.40. The van der Waals surface area contributed by atoms with Crippen molar-refractivity contribution in [1.82, 2.24) is 0 Å². The number of rotatable bonds is 1. The highest BCUT2D eigenvalue weighted by atomic mass is 16.5. The quantitative estimate of drug-likeness (QED) is 0.642. The molecule has 0 fully saturated rings. The molecule has 0 bridgehead atoms. The molecule has 0 aliphatic rings. The Labute approximate surface area is 81.1 Å². The Morgan fingerprint density at radius 3 is 1.69 bits per heavy atom. The Morgan fingerprint density at radius 2 is 1.69 bits per heavy atom. The molecule has 0 aromatic carbocycles. The first kappa shape index (κ1) is 14.9. The van der Waals surface area contributed by atoms with E-state index in [1.807, 2.05) is 34.6 Å². The van der Waals surface area contributed by atoms with Crippen LogP contribution in [0, 0.1) is 11.3 Å². The summed E-state index contributed by atoms with van der Waals surface area (Å²) >= 11 is 0. The van der Waals surface area contributed by atoms with Gasteiger partial charge in [0.1, 0.15) is 0 Å². The molecule has 80 valence electrons. The van der Waals surface area contributed by atoms with Gasteiger partial charge < -0.3 is 9.84 Å². The summed E-state index contributed by atoms with van der Waals surface area (Å²) < 4.78 is 4.48. The van der Waals surface area contributed by atoms with Crippen molar-refractivity contribution >= 4 is 5.97 Å². The Kier molecular flexibility index (Phi) is 7.92. The van der Waals surface area contributed by atoms with Gasteiger partial charge in [0.2, 0.25) is 0 Å². The van der Waals surface area contributed by atoms with E-state index in [1.165, 1.54) is 7.11 Å². The fraction of sp³-hybridized carbons (Fsp3) is 0.900. The monoisotopic (exact) mass is 190 g/mol. The van der Waals surface area contributed by atoms with Crippen molar-refractivity contribution in [3.63, 3.8) is 0 Å². The second kappa shape index (κ2) is 6.89. The lowest BCUT2D eigenvalue weighted by Crippen LogP contribution is -2.21. The largest absolute Gasteiger partial charge is 0.469 e. The van der Waals surface area contributed by atoms with Crippen molar-refractivity contribution in [2.75, 3.05) is 13.7 Å². The highest BCUT2D eigenvalue weighted by Crippen LogP contribution is 2.13. The second-order valence-corrected chi connectivity index (χ2v) is 4.32. The molecule has 1 N–H and O–H groups in total. The summed E-state index contributed by atoms with van der Waals surface area (Å²) in [6, 6.07) is 0. The molecule has 0 heterocycles. The Bertz CT molecular complexity index is 134. The van der Waals surface area contributed by atoms with Crippen molar-refractivity contribution in [3.8, 4) is 0 Å². The number of aliphatic hydroxyl groups is 1. The van der Waals surface area contributed by atoms with Gasteiger partial charge in [0.25, 0.3) is 0 Å². The fourth-order valence-corrected chi connectivity index (χ4v) is 0.306. The predicted octanol–water partition coefficient (Wildman–Crippen LogP) is 1.84. The molecule has 13 heavy (non-hydrogen) atoms. The van der Waals surface area contributed by atoms with Gasteiger partial charge in [-0.3, -0.25) is 4.79 Å². The third-order valence-electron chi connectivity index (χ3n) is 1.16. The molecule has 3 nitrogen and oxygen atoms in total. The van der Waals surface area contributed by atoms with Crippen LogP contribution in [0.15, 0.2) is 0 Å². The van der Waals surface area contributed by atoms with Gasteiger partial charge in [-0.05, 0) is 26.7 Å². The molecular formula is C10H22O3. The maximum absolute atomic E-state index is 10.6. The van der Waals surface area contributed by atoms with Crippen LogP contribution in [0.5, 0.6) is 0 Å². The van der Waals surface area contributed by atoms with Crippen molar-refractivity contribution in [2.45, 2.75) is 34.6 Å². The Balaban J connectivity index is 0. The van der Waals surface area contributed by atoms with Crippen LogP contribution in [0.4, 0.5) is 0 Å². The van der Waals surface area contributed by atoms with Gasteiger partial charge in [0, 0.05) is 6.61 Å². The van der Waals surface area contributed by atoms with Crippen molar-refractivity contribution in [1.29, 1.82) is 0 Å². The first-order chi connectivity index (χ1) is 5.75. The fourth-order valence-electron chi connectivity index (χ4n) is 0.306. The molecule has 0 aliphatic carbocycles. The average Bonchev–Trinajstić information content (AvgIpc) is 2.02. The molecular weight excluding hydrogens is 168 g/mol. The SMILES string of the molecule is CC(C)CO.COC(=O)C(C)(C)C. The normalized spacial score (nSPS) is 10.5. The second-order valence-electron chi connectivity index (χ2n) is 4.32. The topological polar surface area (TPSA) is 46.5 Å². The lowest BCUT2D eigenvalue weighted by Gasteiger charge is -2.13. The maximum atomic E-state index is 10.6. The van der Waals surface area contributed by atoms with E-state index in [4.69, 9.17) is 5.11 Å². The molecule has 0 rings (SSSR count). The van der Waals surface area contributed by atoms with Crippen LogP contribution in [0.2, 0.25) is 0 Å². The smallest absolute Gasteiger partial charge is 0.310 e. The maximum Gasteiger partial charge on any atom is 0.310 e. The minimum atomic E-state index is -0.352. The molecule has 0 saturated heterocycles. The molecule has 0 aromatic heterocycles. The summed E-state index contributed by atoms with van der Waals surface area (Å²) in [5, 5.41) is 8.14. The number of esters is 1. The standard InChI is InChI=1S/C6H12O2.C4H10O/c1-6(2,3)5(7)8-4;1-4(2)3-5/h1-4H3;4-5H,3H2,1-2H3. The highest BCUT2D eigenvalue weighted by molar-refractivity contribution is 5.75. The van der Waals surface area contributed by atoms with Crippen molar-refractivity contribution < 1.29 is 14.6 Å². The number of carbonyl (C=O) groups is 1. The molecule has 0 saturated carbocycles. The van der Waals surface area contributed by atoms with Gasteiger partial charge in [0.05, 0.1) is 12.5 Å². The van der Waals surface area contributed by atoms with E-state index in [-0.39, 0.29) is 11.4 Å². The average molecular weight is 190 g/mol. The van der Waals surface area contributed by atoms with Crippen LogP contribution in [0.25, 0.3) is 0 Å². The highest BCUT2D eigenvalue weighted by Gasteiger charge is 2.21. The van der Waals surface area contributed by atoms with E-state index in [9.17, 15) is 4.79 Å². The lowest BCUT2D eigenvalue weighted by molar-refractivity contribution is -0.149. The van der Waals surface area contributed by atoms with Gasteiger partial charge in [-0.15, -0.1) is 0 Å². The van der Waals surface area contributed by atoms with Crippen molar-refractivity contribution in [2.24, 2.45) is 11.3 Å². The summed E-state index contributed by atoms with van der Waals surface area (Å²) in [4.78, 5) is 10.6. The van der Waals surface area contributed by atoms with Gasteiger partial charge in [-0.1, -0.05) is 13.8 Å². The third-order valence-corrected chi connectivity index (χ3v) is 1.16. The van der Waals surface area contributed by atoms with Gasteiger partial charge in [0.15, 0.2) is 0 Å². The number of ether oxygens (including phenoxy) is 1. The van der Waals surface area contributed by atoms with E-state index >= 15 is 0 Å². The van der Waals surface area contributed by atoms with Crippen LogP contribution >= 0.6 is 0 Å². The summed E-state index contributed by atoms with van der Waals surface area (Å²) in [6.45, 7) is 9.70. The zero-order valence-electron chi connectivity index (χ0n) is 9.55. The van der Waals surface area contributed by atoms with Gasteiger partial charge in [-0.25, -0.2) is 0 Å². The van der Waals surface area contributed by atoms with Crippen LogP contribution in [-0.2, 0) is 9.53 Å². The first-order valence-corrected chi connectivity index (χ1v) is 4.45. The van der Waals surface area contributed by atoms with Crippen LogP contribution in [0.1, 0.15) is 34.6 Å². The van der Waals surface area contributed by atoms with E-state index in [2.05, 4.69) is 4.74 Å². The molecule has 0 spiro atoms. The van der Waals surface area contributed by atoms with E-state index in [0.29, 0.717) is 12.5 Å². The number of methoxy groups -OCH3 is 1. The van der Waals surface area contributed by atoms with Gasteiger partial charge in [-0.2, -0.15) is 0 Å². The van der Waals surface area contributed by atoms with Crippen LogP contribution in [-0.4, -0.2) is 24.8 Å². The van der Waals surface area contributed by atoms with Crippen LogP contribution < -0.4 is 0 Å². The number of hydrogen-bond donors (Lipinski definition) is 1. The number of carbonyl (C=O) groups excluding carboxylic acids is 1. The van der Waals surface area contributed by atoms with E-state index in [1.54, 1.807) is 0 Å². The summed E-state index contributed by atoms with van der Waals surface area (Å²) in [5.74, 6) is 0.271.